The molecule has 1 N–H and O–H groups in total. The number of carbonyl (C=O) groups excluding carboxylic acids is 1. The third-order valence-corrected chi connectivity index (χ3v) is 3.17. The summed E-state index contributed by atoms with van der Waals surface area (Å²) >= 11 is 0. The number of carbonyl (C=O) groups is 1. The van der Waals surface area contributed by atoms with Crippen molar-refractivity contribution in [1.29, 1.82) is 0 Å². The van der Waals surface area contributed by atoms with Crippen LogP contribution in [0.15, 0.2) is 41.6 Å². The molecule has 2 aromatic rings. The second-order valence-corrected chi connectivity index (χ2v) is 4.98. The number of ether oxygens (including phenoxy) is 1. The van der Waals surface area contributed by atoms with Crippen molar-refractivity contribution in [3.05, 3.63) is 64.2 Å². The van der Waals surface area contributed by atoms with Gasteiger partial charge in [-0.15, -0.1) is 0 Å². The van der Waals surface area contributed by atoms with Crippen molar-refractivity contribution < 1.29 is 14.7 Å². The van der Waals surface area contributed by atoms with E-state index in [0.29, 0.717) is 11.3 Å². The number of hydrogen-bond donors (Lipinski definition) is 1. The maximum absolute atomic E-state index is 12.2. The van der Waals surface area contributed by atoms with Crippen LogP contribution in [0.4, 0.5) is 0 Å². The monoisotopic (exact) mass is 283 g/mol. The summed E-state index contributed by atoms with van der Waals surface area (Å²) in [5, 5.41) is 11.6. The van der Waals surface area contributed by atoms with Gasteiger partial charge < -0.3 is 9.94 Å². The standard InChI is InChI=1S/C17H17NO3/c1-11-4-6-15(7-5-11)17(19)21-16-12(2)8-14(10-18-20)9-13(16)3/h4-10,20H,1-3H3/b18-10+. The molecule has 2 aromatic carbocycles. The van der Waals surface area contributed by atoms with Crippen LogP contribution in [0.2, 0.25) is 0 Å². The Morgan fingerprint density at radius 2 is 1.67 bits per heavy atom. The molecule has 0 aliphatic heterocycles. The Labute approximate surface area is 123 Å². The van der Waals surface area contributed by atoms with Crippen LogP contribution in [-0.4, -0.2) is 17.4 Å². The van der Waals surface area contributed by atoms with E-state index in [1.165, 1.54) is 6.21 Å². The Kier molecular flexibility index (Phi) is 4.38. The molecule has 0 aromatic heterocycles. The SMILES string of the molecule is Cc1ccc(C(=O)Oc2c(C)cc(/C=N/O)cc2C)cc1. The van der Waals surface area contributed by atoms with E-state index in [-0.39, 0.29) is 5.97 Å². The highest BCUT2D eigenvalue weighted by atomic mass is 16.5. The van der Waals surface area contributed by atoms with E-state index in [1.54, 1.807) is 24.3 Å². The lowest BCUT2D eigenvalue weighted by Gasteiger charge is -2.11. The molecule has 0 saturated heterocycles. The zero-order valence-electron chi connectivity index (χ0n) is 12.3. The Morgan fingerprint density at radius 3 is 2.19 bits per heavy atom. The van der Waals surface area contributed by atoms with Crippen molar-refractivity contribution in [2.45, 2.75) is 20.8 Å². The number of nitrogens with zero attached hydrogens (tertiary/aromatic N) is 1. The molecule has 0 saturated carbocycles. The molecule has 0 aliphatic rings. The van der Waals surface area contributed by atoms with E-state index in [4.69, 9.17) is 9.94 Å². The third kappa shape index (κ3) is 3.48. The Balaban J connectivity index is 2.27. The number of aryl methyl sites for hydroxylation is 3. The predicted molar refractivity (Wildman–Crippen MR) is 81.4 cm³/mol. The highest BCUT2D eigenvalue weighted by Gasteiger charge is 2.13. The number of esters is 1. The van der Waals surface area contributed by atoms with Gasteiger partial charge in [0, 0.05) is 0 Å². The maximum Gasteiger partial charge on any atom is 0.343 e. The van der Waals surface area contributed by atoms with Gasteiger partial charge in [0.15, 0.2) is 0 Å². The first-order valence-electron chi connectivity index (χ1n) is 6.59. The van der Waals surface area contributed by atoms with E-state index < -0.39 is 0 Å². The zero-order chi connectivity index (χ0) is 15.4. The van der Waals surface area contributed by atoms with Crippen LogP contribution in [0.1, 0.15) is 32.6 Å². The van der Waals surface area contributed by atoms with Gasteiger partial charge in [0.25, 0.3) is 0 Å². The molecular formula is C17H17NO3. The third-order valence-electron chi connectivity index (χ3n) is 3.17. The van der Waals surface area contributed by atoms with Gasteiger partial charge >= 0.3 is 5.97 Å². The van der Waals surface area contributed by atoms with E-state index in [2.05, 4.69) is 5.16 Å². The molecule has 0 radical (unpaired) electrons. The number of hydrogen-bond acceptors (Lipinski definition) is 4. The van der Waals surface area contributed by atoms with Crippen LogP contribution in [-0.2, 0) is 0 Å². The molecule has 0 aliphatic carbocycles. The fourth-order valence-corrected chi connectivity index (χ4v) is 2.13. The molecule has 4 nitrogen and oxygen atoms in total. The largest absolute Gasteiger partial charge is 0.422 e. The smallest absolute Gasteiger partial charge is 0.343 e. The predicted octanol–water partition coefficient (Wildman–Crippen LogP) is 3.64. The summed E-state index contributed by atoms with van der Waals surface area (Å²) in [5.41, 5.74) is 3.98. The summed E-state index contributed by atoms with van der Waals surface area (Å²) in [7, 11) is 0. The summed E-state index contributed by atoms with van der Waals surface area (Å²) in [6.07, 6.45) is 1.34. The Morgan fingerprint density at radius 1 is 1.10 bits per heavy atom. The molecule has 0 heterocycles. The fraction of sp³-hybridized carbons (Fsp3) is 0.176. The van der Waals surface area contributed by atoms with Crippen molar-refractivity contribution in [3.63, 3.8) is 0 Å². The maximum atomic E-state index is 12.2. The number of rotatable bonds is 3. The van der Waals surface area contributed by atoms with Crippen LogP contribution in [0, 0.1) is 20.8 Å². The molecule has 108 valence electrons. The molecule has 0 bridgehead atoms. The first-order chi connectivity index (χ1) is 10.0. The summed E-state index contributed by atoms with van der Waals surface area (Å²) in [6, 6.07) is 10.8. The lowest BCUT2D eigenvalue weighted by molar-refractivity contribution is 0.0732. The second kappa shape index (κ2) is 6.22. The number of benzene rings is 2. The van der Waals surface area contributed by atoms with Crippen LogP contribution in [0.25, 0.3) is 0 Å². The molecule has 0 amide bonds. The van der Waals surface area contributed by atoms with Crippen molar-refractivity contribution >= 4 is 12.2 Å². The average molecular weight is 283 g/mol. The highest BCUT2D eigenvalue weighted by Crippen LogP contribution is 2.25. The van der Waals surface area contributed by atoms with Gasteiger partial charge in [0.05, 0.1) is 11.8 Å². The molecule has 0 unspecified atom stereocenters. The topological polar surface area (TPSA) is 58.9 Å². The van der Waals surface area contributed by atoms with Crippen LogP contribution < -0.4 is 4.74 Å². The molecule has 0 fully saturated rings. The first kappa shape index (κ1) is 14.8. The van der Waals surface area contributed by atoms with Crippen molar-refractivity contribution in [2.75, 3.05) is 0 Å². The lowest BCUT2D eigenvalue weighted by atomic mass is 10.1. The molecule has 4 heteroatoms. The fourth-order valence-electron chi connectivity index (χ4n) is 2.13. The zero-order valence-corrected chi connectivity index (χ0v) is 12.3. The van der Waals surface area contributed by atoms with Gasteiger partial charge in [-0.3, -0.25) is 0 Å². The van der Waals surface area contributed by atoms with E-state index >= 15 is 0 Å². The number of oxime groups is 1. The summed E-state index contributed by atoms with van der Waals surface area (Å²) in [6.45, 7) is 5.66. The van der Waals surface area contributed by atoms with Gasteiger partial charge in [-0.1, -0.05) is 22.9 Å². The van der Waals surface area contributed by atoms with E-state index in [9.17, 15) is 4.79 Å². The molecule has 0 atom stereocenters. The Bertz CT molecular complexity index is 665. The van der Waals surface area contributed by atoms with Gasteiger partial charge in [-0.2, -0.15) is 0 Å². The van der Waals surface area contributed by atoms with Crippen molar-refractivity contribution in [3.8, 4) is 5.75 Å². The second-order valence-electron chi connectivity index (χ2n) is 4.98. The van der Waals surface area contributed by atoms with Crippen molar-refractivity contribution in [2.24, 2.45) is 5.16 Å². The quantitative estimate of drug-likeness (QED) is 0.307. The first-order valence-corrected chi connectivity index (χ1v) is 6.59. The van der Waals surface area contributed by atoms with Crippen LogP contribution >= 0.6 is 0 Å². The minimum atomic E-state index is -0.384. The van der Waals surface area contributed by atoms with Gasteiger partial charge in [0.2, 0.25) is 0 Å². The summed E-state index contributed by atoms with van der Waals surface area (Å²) in [5.74, 6) is 0.153. The van der Waals surface area contributed by atoms with Crippen molar-refractivity contribution in [1.82, 2.24) is 0 Å². The average Bonchev–Trinajstić information content (AvgIpc) is 2.44. The minimum Gasteiger partial charge on any atom is -0.422 e. The van der Waals surface area contributed by atoms with E-state index in [1.807, 2.05) is 32.9 Å². The van der Waals surface area contributed by atoms with E-state index in [0.717, 1.165) is 22.3 Å². The highest BCUT2D eigenvalue weighted by molar-refractivity contribution is 5.91. The lowest BCUT2D eigenvalue weighted by Crippen LogP contribution is -2.10. The minimum absolute atomic E-state index is 0.384. The molecule has 0 spiro atoms. The van der Waals surface area contributed by atoms with Crippen LogP contribution in [0.3, 0.4) is 0 Å². The molecule has 21 heavy (non-hydrogen) atoms. The van der Waals surface area contributed by atoms with Gasteiger partial charge in [-0.05, 0) is 61.7 Å². The summed E-state index contributed by atoms with van der Waals surface area (Å²) < 4.78 is 5.49. The normalized spacial score (nSPS) is 10.8. The molecular weight excluding hydrogens is 266 g/mol. The van der Waals surface area contributed by atoms with Gasteiger partial charge in [0.1, 0.15) is 5.75 Å². The summed E-state index contributed by atoms with van der Waals surface area (Å²) in [4.78, 5) is 12.2. The van der Waals surface area contributed by atoms with Crippen LogP contribution in [0.5, 0.6) is 5.75 Å². The van der Waals surface area contributed by atoms with Gasteiger partial charge in [-0.25, -0.2) is 4.79 Å². The molecule has 2 rings (SSSR count). The Hall–Kier alpha value is -2.62.